The molecule has 2 aliphatic rings. The topological polar surface area (TPSA) is 122 Å². The van der Waals surface area contributed by atoms with E-state index in [-0.39, 0.29) is 18.3 Å². The lowest BCUT2D eigenvalue weighted by atomic mass is 9.73. The summed E-state index contributed by atoms with van der Waals surface area (Å²) in [4.78, 5) is 6.32. The van der Waals surface area contributed by atoms with E-state index in [1.54, 1.807) is 12.5 Å². The van der Waals surface area contributed by atoms with Gasteiger partial charge in [-0.3, -0.25) is 10.3 Å². The molecule has 1 fully saturated rings. The summed E-state index contributed by atoms with van der Waals surface area (Å²) in [5, 5.41) is 25.6. The zero-order valence-corrected chi connectivity index (χ0v) is 23.0. The molecule has 2 aliphatic heterocycles. The maximum Gasteiger partial charge on any atom is 0.229 e. The van der Waals surface area contributed by atoms with Crippen LogP contribution in [0.1, 0.15) is 24.0 Å². The van der Waals surface area contributed by atoms with Gasteiger partial charge in [-0.1, -0.05) is 17.2 Å². The molecule has 0 spiro atoms. The van der Waals surface area contributed by atoms with Gasteiger partial charge in [0.2, 0.25) is 5.96 Å². The minimum absolute atomic E-state index is 0.000113. The average Bonchev–Trinajstić information content (AvgIpc) is 3.29. The van der Waals surface area contributed by atoms with E-state index >= 15 is 0 Å². The number of anilines is 1. The van der Waals surface area contributed by atoms with Crippen molar-refractivity contribution < 1.29 is 23.2 Å². The summed E-state index contributed by atoms with van der Waals surface area (Å²) in [5.74, 6) is -0.0977. The number of nitrogens with zero attached hydrogens (tertiary/aromatic N) is 4. The first-order valence-corrected chi connectivity index (χ1v) is 14.8. The molecule has 3 aromatic rings. The third kappa shape index (κ3) is 5.90. The number of fused-ring (bicyclic) bond motifs is 3. The third-order valence-corrected chi connectivity index (χ3v) is 8.42. The molecular formula is C28H32F2N6O3S. The second-order valence-corrected chi connectivity index (χ2v) is 11.7. The summed E-state index contributed by atoms with van der Waals surface area (Å²) < 4.78 is 46.7. The van der Waals surface area contributed by atoms with Gasteiger partial charge in [0, 0.05) is 41.8 Å². The van der Waals surface area contributed by atoms with Gasteiger partial charge in [-0.2, -0.15) is 5.10 Å². The zero-order chi connectivity index (χ0) is 28.3. The number of halogens is 2. The number of aliphatic imine (C=N–C) groups is 1. The van der Waals surface area contributed by atoms with E-state index < -0.39 is 28.2 Å². The minimum Gasteiger partial charge on any atom is -0.617 e. The number of piperidine rings is 1. The van der Waals surface area contributed by atoms with Gasteiger partial charge < -0.3 is 19.7 Å². The predicted molar refractivity (Wildman–Crippen MR) is 152 cm³/mol. The molecule has 1 unspecified atom stereocenters. The molecule has 3 N–H and O–H groups in total. The molecule has 12 heteroatoms. The van der Waals surface area contributed by atoms with Gasteiger partial charge in [0.15, 0.2) is 0 Å². The van der Waals surface area contributed by atoms with Crippen molar-refractivity contribution in [1.82, 2.24) is 14.7 Å². The number of rotatable bonds is 7. The van der Waals surface area contributed by atoms with Crippen LogP contribution in [0.4, 0.5) is 14.5 Å². The Morgan fingerprint density at radius 1 is 1.27 bits per heavy atom. The van der Waals surface area contributed by atoms with Crippen molar-refractivity contribution in [2.24, 2.45) is 4.99 Å². The lowest BCUT2D eigenvalue weighted by Gasteiger charge is -2.41. The van der Waals surface area contributed by atoms with Gasteiger partial charge in [-0.05, 0) is 55.8 Å². The monoisotopic (exact) mass is 570 g/mol. The number of hydrogen-bond acceptors (Lipinski definition) is 6. The Labute approximate surface area is 234 Å². The summed E-state index contributed by atoms with van der Waals surface area (Å²) in [6.45, 7) is 2.82. The van der Waals surface area contributed by atoms with E-state index in [1.165, 1.54) is 10.7 Å². The van der Waals surface area contributed by atoms with Gasteiger partial charge in [-0.15, -0.1) is 0 Å². The van der Waals surface area contributed by atoms with Crippen LogP contribution < -0.4 is 10.1 Å². The minimum atomic E-state index is -0.838. The van der Waals surface area contributed by atoms with E-state index in [4.69, 9.17) is 15.2 Å². The smallest absolute Gasteiger partial charge is 0.229 e. The first-order chi connectivity index (χ1) is 19.3. The maximum absolute atomic E-state index is 14.3. The molecule has 2 aromatic carbocycles. The standard InChI is InChI=1S/C28H32F2N6O3S/c1-40(38)13-11-35-9-7-28(17-37,8-10-35)20-2-5-25-22(14-20)26-19(6-12-39-25)16-36(34-26)27(32-18-31)33-24-4-3-21(29)15-23(24)30/h2-5,14-16,18,37H,6-13,17H2,1H3,(H2,31,32,33). The molecule has 5 rings (SSSR count). The van der Waals surface area contributed by atoms with Gasteiger partial charge >= 0.3 is 0 Å². The summed E-state index contributed by atoms with van der Waals surface area (Å²) in [5.41, 5.74) is 2.92. The van der Waals surface area contributed by atoms with E-state index in [0.29, 0.717) is 30.2 Å². The summed E-state index contributed by atoms with van der Waals surface area (Å²) in [7, 11) is 0. The van der Waals surface area contributed by atoms with E-state index in [9.17, 15) is 18.4 Å². The number of aliphatic hydroxyl groups excluding tert-OH is 1. The first-order valence-electron chi connectivity index (χ1n) is 13.1. The molecule has 3 heterocycles. The van der Waals surface area contributed by atoms with Crippen LogP contribution in [0.25, 0.3) is 11.3 Å². The highest BCUT2D eigenvalue weighted by atomic mass is 32.2. The fraction of sp³-hybridized carbons (Fsp3) is 0.393. The van der Waals surface area contributed by atoms with Crippen LogP contribution in [0.5, 0.6) is 5.75 Å². The van der Waals surface area contributed by atoms with Crippen molar-refractivity contribution in [3.05, 3.63) is 65.4 Å². The summed E-state index contributed by atoms with van der Waals surface area (Å²) in [6.07, 6.45) is 6.40. The Balaban J connectivity index is 1.45. The number of hydrogen-bond donors (Lipinski definition) is 3. The van der Waals surface area contributed by atoms with Crippen LogP contribution in [-0.4, -0.2) is 81.5 Å². The quantitative estimate of drug-likeness (QED) is 0.228. The second-order valence-electron chi connectivity index (χ2n) is 10.1. The lowest BCUT2D eigenvalue weighted by Crippen LogP contribution is -2.45. The highest BCUT2D eigenvalue weighted by molar-refractivity contribution is 7.90. The van der Waals surface area contributed by atoms with Crippen LogP contribution in [0.2, 0.25) is 0 Å². The van der Waals surface area contributed by atoms with Crippen LogP contribution in [0.3, 0.4) is 0 Å². The zero-order valence-electron chi connectivity index (χ0n) is 22.2. The molecule has 0 radical (unpaired) electrons. The summed E-state index contributed by atoms with van der Waals surface area (Å²) >= 11 is -0.838. The van der Waals surface area contributed by atoms with Gasteiger partial charge in [0.1, 0.15) is 29.5 Å². The molecule has 212 valence electrons. The Morgan fingerprint density at radius 3 is 2.77 bits per heavy atom. The maximum atomic E-state index is 14.3. The molecule has 1 atom stereocenters. The number of benzene rings is 2. The highest BCUT2D eigenvalue weighted by Gasteiger charge is 2.37. The molecule has 1 aromatic heterocycles. The Kier molecular flexibility index (Phi) is 8.50. The Hall–Kier alpha value is -3.32. The normalized spacial score (nSPS) is 17.8. The van der Waals surface area contributed by atoms with Crippen LogP contribution in [-0.2, 0) is 23.0 Å². The molecule has 0 saturated carbocycles. The van der Waals surface area contributed by atoms with E-state index in [0.717, 1.165) is 67.6 Å². The largest absolute Gasteiger partial charge is 0.617 e. The third-order valence-electron chi connectivity index (χ3n) is 7.66. The van der Waals surface area contributed by atoms with Crippen molar-refractivity contribution >= 4 is 29.2 Å². The molecule has 0 aliphatic carbocycles. The number of aliphatic hydroxyl groups is 1. The molecule has 0 bridgehead atoms. The Morgan fingerprint density at radius 2 is 2.08 bits per heavy atom. The lowest BCUT2D eigenvalue weighted by molar-refractivity contribution is 0.104. The molecule has 9 nitrogen and oxygen atoms in total. The van der Waals surface area contributed by atoms with Crippen LogP contribution >= 0.6 is 0 Å². The average molecular weight is 571 g/mol. The Bertz CT molecular complexity index is 1400. The summed E-state index contributed by atoms with van der Waals surface area (Å²) in [6, 6.07) is 9.12. The number of nitrogens with one attached hydrogen (secondary N) is 2. The van der Waals surface area contributed by atoms with E-state index in [2.05, 4.69) is 15.2 Å². The molecule has 40 heavy (non-hydrogen) atoms. The fourth-order valence-corrected chi connectivity index (χ4v) is 5.81. The molecule has 1 saturated heterocycles. The van der Waals surface area contributed by atoms with Crippen LogP contribution in [0, 0.1) is 17.0 Å². The number of likely N-dealkylation sites (tertiary alicyclic amines) is 1. The SMILES string of the molecule is C[S+]([O-])CCN1CCC(CO)(c2ccc3c(c2)-c2nn(/C(=N/C=N)Nc4ccc(F)cc4F)cc2CCO3)CC1. The predicted octanol–water partition coefficient (Wildman–Crippen LogP) is 3.39. The van der Waals surface area contributed by atoms with Crippen molar-refractivity contribution in [2.45, 2.75) is 24.7 Å². The number of aromatic nitrogens is 2. The fourth-order valence-electron chi connectivity index (χ4n) is 5.29. The van der Waals surface area contributed by atoms with Gasteiger partial charge in [0.05, 0.1) is 30.9 Å². The second kappa shape index (κ2) is 12.0. The van der Waals surface area contributed by atoms with Gasteiger partial charge in [-0.25, -0.2) is 18.5 Å². The molecular weight excluding hydrogens is 538 g/mol. The van der Waals surface area contributed by atoms with Crippen molar-refractivity contribution in [2.75, 3.05) is 50.2 Å². The van der Waals surface area contributed by atoms with Gasteiger partial charge in [0.25, 0.3) is 0 Å². The van der Waals surface area contributed by atoms with Crippen molar-refractivity contribution in [3.63, 3.8) is 0 Å². The first kappa shape index (κ1) is 28.2. The number of ether oxygens (including phenoxy) is 1. The highest BCUT2D eigenvalue weighted by Crippen LogP contribution is 2.41. The van der Waals surface area contributed by atoms with Crippen molar-refractivity contribution in [3.8, 4) is 17.0 Å². The van der Waals surface area contributed by atoms with Crippen molar-refractivity contribution in [1.29, 1.82) is 5.41 Å². The van der Waals surface area contributed by atoms with Crippen LogP contribution in [0.15, 0.2) is 47.6 Å². The van der Waals surface area contributed by atoms with E-state index in [1.807, 2.05) is 18.2 Å². The molecule has 0 amide bonds.